The second-order valence-corrected chi connectivity index (χ2v) is 5.16. The summed E-state index contributed by atoms with van der Waals surface area (Å²) >= 11 is 0. The molecule has 0 saturated heterocycles. The van der Waals surface area contributed by atoms with Crippen molar-refractivity contribution in [1.29, 1.82) is 0 Å². The minimum Gasteiger partial charge on any atom is -0.507 e. The van der Waals surface area contributed by atoms with Crippen molar-refractivity contribution in [3.8, 4) is 11.5 Å². The van der Waals surface area contributed by atoms with Gasteiger partial charge in [0.2, 0.25) is 0 Å². The Hall–Kier alpha value is -1.78. The van der Waals surface area contributed by atoms with Crippen molar-refractivity contribution in [2.75, 3.05) is 13.2 Å². The second-order valence-electron chi connectivity index (χ2n) is 5.16. The van der Waals surface area contributed by atoms with Crippen LogP contribution in [0, 0.1) is 0 Å². The van der Waals surface area contributed by atoms with E-state index in [9.17, 15) is 10.2 Å². The zero-order valence-electron chi connectivity index (χ0n) is 11.8. The van der Waals surface area contributed by atoms with Gasteiger partial charge in [-0.25, -0.2) is 0 Å². The van der Waals surface area contributed by atoms with Crippen LogP contribution in [0.1, 0.15) is 13.8 Å². The number of phenolic OH excluding ortho intramolecular Hbond substituents is 1. The van der Waals surface area contributed by atoms with E-state index in [1.165, 1.54) is 0 Å². The largest absolute Gasteiger partial charge is 0.507 e. The average Bonchev–Trinajstić information content (AvgIpc) is 2.43. The fourth-order valence-corrected chi connectivity index (χ4v) is 2.02. The molecule has 1 atom stereocenters. The number of hydrogen-bond donors (Lipinski definition) is 3. The van der Waals surface area contributed by atoms with E-state index < -0.39 is 6.10 Å². The summed E-state index contributed by atoms with van der Waals surface area (Å²) in [6.45, 7) is 4.72. The lowest BCUT2D eigenvalue weighted by Gasteiger charge is -2.16. The number of rotatable bonds is 6. The molecular weight excluding hydrogens is 254 g/mol. The minimum absolute atomic E-state index is 0.188. The van der Waals surface area contributed by atoms with Crippen LogP contribution in [0.3, 0.4) is 0 Å². The molecule has 2 aromatic carbocycles. The third-order valence-electron chi connectivity index (χ3n) is 3.04. The van der Waals surface area contributed by atoms with Gasteiger partial charge in [-0.1, -0.05) is 38.1 Å². The lowest BCUT2D eigenvalue weighted by Crippen LogP contribution is -2.35. The predicted octanol–water partition coefficient (Wildman–Crippen LogP) is 2.28. The maximum absolute atomic E-state index is 9.94. The number of aliphatic hydroxyl groups is 1. The van der Waals surface area contributed by atoms with Crippen LogP contribution in [-0.4, -0.2) is 35.5 Å². The molecule has 0 aliphatic heterocycles. The zero-order chi connectivity index (χ0) is 14.5. The van der Waals surface area contributed by atoms with Crippen LogP contribution < -0.4 is 10.1 Å². The first kappa shape index (κ1) is 14.6. The number of nitrogens with one attached hydrogen (secondary N) is 1. The van der Waals surface area contributed by atoms with Crippen LogP contribution in [0.2, 0.25) is 0 Å². The second kappa shape index (κ2) is 6.59. The Bertz CT molecular complexity index is 563. The van der Waals surface area contributed by atoms with Gasteiger partial charge in [0.05, 0.1) is 5.39 Å². The molecule has 0 heterocycles. The van der Waals surface area contributed by atoms with Gasteiger partial charge in [0, 0.05) is 12.6 Å². The highest BCUT2D eigenvalue weighted by atomic mass is 16.5. The Labute approximate surface area is 119 Å². The molecule has 2 aromatic rings. The summed E-state index contributed by atoms with van der Waals surface area (Å²) in [4.78, 5) is 0. The fraction of sp³-hybridized carbons (Fsp3) is 0.375. The summed E-state index contributed by atoms with van der Waals surface area (Å²) in [5, 5.41) is 24.5. The maximum atomic E-state index is 9.94. The van der Waals surface area contributed by atoms with Crippen LogP contribution in [0.5, 0.6) is 11.5 Å². The molecule has 4 heteroatoms. The Kier molecular flexibility index (Phi) is 4.82. The lowest BCUT2D eigenvalue weighted by atomic mass is 10.1. The maximum Gasteiger partial charge on any atom is 0.130 e. The van der Waals surface area contributed by atoms with Crippen molar-refractivity contribution < 1.29 is 14.9 Å². The van der Waals surface area contributed by atoms with Gasteiger partial charge in [0.1, 0.15) is 24.2 Å². The number of aromatic hydroxyl groups is 1. The summed E-state index contributed by atoms with van der Waals surface area (Å²) in [6, 6.07) is 11.2. The van der Waals surface area contributed by atoms with Gasteiger partial charge >= 0.3 is 0 Å². The van der Waals surface area contributed by atoms with Gasteiger partial charge in [-0.05, 0) is 17.5 Å². The Morgan fingerprint density at radius 3 is 2.55 bits per heavy atom. The number of fused-ring (bicyclic) bond motifs is 1. The number of benzene rings is 2. The monoisotopic (exact) mass is 275 g/mol. The summed E-state index contributed by atoms with van der Waals surface area (Å²) < 4.78 is 5.64. The van der Waals surface area contributed by atoms with E-state index in [4.69, 9.17) is 4.74 Å². The van der Waals surface area contributed by atoms with Crippen molar-refractivity contribution in [3.05, 3.63) is 36.4 Å². The molecule has 2 rings (SSSR count). The molecule has 0 radical (unpaired) electrons. The number of ether oxygens (including phenoxy) is 1. The van der Waals surface area contributed by atoms with Crippen LogP contribution in [0.25, 0.3) is 10.8 Å². The average molecular weight is 275 g/mol. The zero-order valence-corrected chi connectivity index (χ0v) is 11.8. The molecule has 0 bridgehead atoms. The van der Waals surface area contributed by atoms with E-state index in [2.05, 4.69) is 5.32 Å². The summed E-state index contributed by atoms with van der Waals surface area (Å²) in [6.07, 6.45) is -0.585. The first-order valence-electron chi connectivity index (χ1n) is 6.83. The van der Waals surface area contributed by atoms with Gasteiger partial charge in [-0.3, -0.25) is 0 Å². The van der Waals surface area contributed by atoms with E-state index >= 15 is 0 Å². The van der Waals surface area contributed by atoms with Gasteiger partial charge in [-0.2, -0.15) is 0 Å². The summed E-state index contributed by atoms with van der Waals surface area (Å²) in [5.74, 6) is 0.775. The summed E-state index contributed by atoms with van der Waals surface area (Å²) in [5.41, 5.74) is 0. The fourth-order valence-electron chi connectivity index (χ4n) is 2.02. The standard InChI is InChI=1S/C16H21NO3/c1-11(2)17-9-13(18)10-20-15-8-4-6-12-5-3-7-14(19)16(12)15/h3-8,11,13,17-19H,9-10H2,1-2H3/t13-/m0/s1. The molecule has 0 aliphatic carbocycles. The number of aliphatic hydroxyl groups excluding tert-OH is 1. The third kappa shape index (κ3) is 3.62. The molecule has 0 spiro atoms. The molecule has 0 saturated carbocycles. The first-order valence-corrected chi connectivity index (χ1v) is 6.83. The predicted molar refractivity (Wildman–Crippen MR) is 80.3 cm³/mol. The Morgan fingerprint density at radius 2 is 1.85 bits per heavy atom. The SMILES string of the molecule is CC(C)NC[C@H](O)COc1cccc2cccc(O)c12. The van der Waals surface area contributed by atoms with E-state index in [-0.39, 0.29) is 12.4 Å². The van der Waals surface area contributed by atoms with E-state index in [0.29, 0.717) is 23.7 Å². The minimum atomic E-state index is -0.585. The molecule has 3 N–H and O–H groups in total. The van der Waals surface area contributed by atoms with Gasteiger partial charge in [-0.15, -0.1) is 0 Å². The first-order chi connectivity index (χ1) is 9.58. The van der Waals surface area contributed by atoms with Crippen molar-refractivity contribution in [2.45, 2.75) is 26.0 Å². The molecular formula is C16H21NO3. The van der Waals surface area contributed by atoms with E-state index in [1.807, 2.05) is 32.0 Å². The summed E-state index contributed by atoms with van der Waals surface area (Å²) in [7, 11) is 0. The highest BCUT2D eigenvalue weighted by molar-refractivity contribution is 5.93. The van der Waals surface area contributed by atoms with Crippen LogP contribution in [0.4, 0.5) is 0 Å². The molecule has 4 nitrogen and oxygen atoms in total. The highest BCUT2D eigenvalue weighted by Crippen LogP contribution is 2.32. The van der Waals surface area contributed by atoms with E-state index in [0.717, 1.165) is 5.39 Å². The van der Waals surface area contributed by atoms with Crippen LogP contribution >= 0.6 is 0 Å². The molecule has 0 aliphatic rings. The highest BCUT2D eigenvalue weighted by Gasteiger charge is 2.10. The molecule has 20 heavy (non-hydrogen) atoms. The Morgan fingerprint density at radius 1 is 1.15 bits per heavy atom. The lowest BCUT2D eigenvalue weighted by molar-refractivity contribution is 0.105. The van der Waals surface area contributed by atoms with Crippen LogP contribution in [-0.2, 0) is 0 Å². The third-order valence-corrected chi connectivity index (χ3v) is 3.04. The van der Waals surface area contributed by atoms with E-state index in [1.54, 1.807) is 18.2 Å². The quantitative estimate of drug-likeness (QED) is 0.757. The molecule has 0 amide bonds. The van der Waals surface area contributed by atoms with Gasteiger partial charge in [0.15, 0.2) is 0 Å². The van der Waals surface area contributed by atoms with Gasteiger partial charge < -0.3 is 20.3 Å². The topological polar surface area (TPSA) is 61.7 Å². The van der Waals surface area contributed by atoms with Crippen molar-refractivity contribution in [2.24, 2.45) is 0 Å². The normalized spacial score (nSPS) is 12.8. The molecule has 0 unspecified atom stereocenters. The van der Waals surface area contributed by atoms with Crippen molar-refractivity contribution in [1.82, 2.24) is 5.32 Å². The Balaban J connectivity index is 2.06. The molecule has 0 fully saturated rings. The van der Waals surface area contributed by atoms with Crippen molar-refractivity contribution in [3.63, 3.8) is 0 Å². The molecule has 0 aromatic heterocycles. The smallest absolute Gasteiger partial charge is 0.130 e. The van der Waals surface area contributed by atoms with Crippen molar-refractivity contribution >= 4 is 10.8 Å². The van der Waals surface area contributed by atoms with Gasteiger partial charge in [0.25, 0.3) is 0 Å². The number of hydrogen-bond acceptors (Lipinski definition) is 4. The van der Waals surface area contributed by atoms with Crippen LogP contribution in [0.15, 0.2) is 36.4 Å². The molecule has 108 valence electrons. The number of phenols is 1.